The minimum Gasteiger partial charge on any atom is -0.327 e. The highest BCUT2D eigenvalue weighted by Crippen LogP contribution is 2.16. The molecule has 0 spiro atoms. The van der Waals surface area contributed by atoms with Crippen LogP contribution in [-0.2, 0) is 0 Å². The normalized spacial score (nSPS) is 10.9. The first-order valence-corrected chi connectivity index (χ1v) is 4.24. The van der Waals surface area contributed by atoms with Crippen molar-refractivity contribution in [1.82, 2.24) is 0 Å². The second-order valence-electron chi connectivity index (χ2n) is 2.64. The van der Waals surface area contributed by atoms with E-state index in [1.165, 1.54) is 5.56 Å². The fourth-order valence-corrected chi connectivity index (χ4v) is 1.17. The van der Waals surface area contributed by atoms with Crippen LogP contribution in [0, 0.1) is 6.92 Å². The SMILES string of the molecule is Cc1ccc(Cl)cc1C=CCN. The molecule has 1 nitrogen and oxygen atoms in total. The van der Waals surface area contributed by atoms with Crippen LogP contribution in [0.15, 0.2) is 24.3 Å². The van der Waals surface area contributed by atoms with Crippen LogP contribution in [0.3, 0.4) is 0 Å². The molecule has 0 heterocycles. The standard InChI is InChI=1S/C10H12ClN/c1-8-4-5-10(11)7-9(8)3-2-6-12/h2-5,7H,6,12H2,1H3. The number of benzene rings is 1. The Bertz CT molecular complexity index is 292. The summed E-state index contributed by atoms with van der Waals surface area (Å²) in [4.78, 5) is 0. The summed E-state index contributed by atoms with van der Waals surface area (Å²) in [6, 6.07) is 5.82. The van der Waals surface area contributed by atoms with Crippen molar-refractivity contribution in [2.75, 3.05) is 6.54 Å². The molecule has 1 rings (SSSR count). The summed E-state index contributed by atoms with van der Waals surface area (Å²) in [7, 11) is 0. The molecule has 0 radical (unpaired) electrons. The van der Waals surface area contributed by atoms with Gasteiger partial charge in [-0.05, 0) is 30.2 Å². The van der Waals surface area contributed by atoms with E-state index in [1.807, 2.05) is 37.3 Å². The third kappa shape index (κ3) is 2.36. The summed E-state index contributed by atoms with van der Waals surface area (Å²) >= 11 is 5.83. The zero-order chi connectivity index (χ0) is 8.97. The maximum atomic E-state index is 5.83. The van der Waals surface area contributed by atoms with Gasteiger partial charge in [-0.15, -0.1) is 0 Å². The van der Waals surface area contributed by atoms with Gasteiger partial charge in [0, 0.05) is 11.6 Å². The quantitative estimate of drug-likeness (QED) is 0.746. The van der Waals surface area contributed by atoms with Crippen molar-refractivity contribution in [2.24, 2.45) is 5.73 Å². The molecular weight excluding hydrogens is 170 g/mol. The molecule has 0 aliphatic heterocycles. The van der Waals surface area contributed by atoms with Gasteiger partial charge in [0.05, 0.1) is 0 Å². The number of hydrogen-bond donors (Lipinski definition) is 1. The average Bonchev–Trinajstić information content (AvgIpc) is 2.07. The molecule has 2 N–H and O–H groups in total. The number of rotatable bonds is 2. The number of nitrogens with two attached hydrogens (primary N) is 1. The second-order valence-corrected chi connectivity index (χ2v) is 3.08. The van der Waals surface area contributed by atoms with Gasteiger partial charge < -0.3 is 5.73 Å². The van der Waals surface area contributed by atoms with Crippen molar-refractivity contribution >= 4 is 17.7 Å². The lowest BCUT2D eigenvalue weighted by Gasteiger charge is -1.99. The molecule has 1 aromatic carbocycles. The smallest absolute Gasteiger partial charge is 0.0412 e. The van der Waals surface area contributed by atoms with E-state index in [0.717, 1.165) is 10.6 Å². The number of hydrogen-bond acceptors (Lipinski definition) is 1. The highest BCUT2D eigenvalue weighted by atomic mass is 35.5. The van der Waals surface area contributed by atoms with Crippen LogP contribution in [0.25, 0.3) is 6.08 Å². The summed E-state index contributed by atoms with van der Waals surface area (Å²) < 4.78 is 0. The minimum absolute atomic E-state index is 0.561. The molecule has 0 saturated heterocycles. The highest BCUT2D eigenvalue weighted by Gasteiger charge is 1.93. The van der Waals surface area contributed by atoms with Crippen molar-refractivity contribution in [1.29, 1.82) is 0 Å². The van der Waals surface area contributed by atoms with Crippen LogP contribution in [0.5, 0.6) is 0 Å². The molecule has 0 amide bonds. The Kier molecular flexibility index (Phi) is 3.32. The van der Waals surface area contributed by atoms with Gasteiger partial charge >= 0.3 is 0 Å². The van der Waals surface area contributed by atoms with Crippen LogP contribution in [0.4, 0.5) is 0 Å². The number of halogens is 1. The largest absolute Gasteiger partial charge is 0.327 e. The molecule has 12 heavy (non-hydrogen) atoms. The molecule has 1 aromatic rings. The molecule has 0 atom stereocenters. The molecular formula is C10H12ClN. The van der Waals surface area contributed by atoms with Gasteiger partial charge in [-0.1, -0.05) is 29.8 Å². The van der Waals surface area contributed by atoms with E-state index in [2.05, 4.69) is 0 Å². The van der Waals surface area contributed by atoms with Gasteiger partial charge in [0.25, 0.3) is 0 Å². The van der Waals surface area contributed by atoms with Crippen molar-refractivity contribution in [3.63, 3.8) is 0 Å². The summed E-state index contributed by atoms with van der Waals surface area (Å²) in [6.07, 6.45) is 3.90. The fraction of sp³-hybridized carbons (Fsp3) is 0.200. The maximum absolute atomic E-state index is 5.83. The Hall–Kier alpha value is -0.790. The lowest BCUT2D eigenvalue weighted by Crippen LogP contribution is -1.92. The zero-order valence-electron chi connectivity index (χ0n) is 7.05. The van der Waals surface area contributed by atoms with E-state index < -0.39 is 0 Å². The summed E-state index contributed by atoms with van der Waals surface area (Å²) in [5.41, 5.74) is 7.69. The predicted octanol–water partition coefficient (Wildman–Crippen LogP) is 2.62. The summed E-state index contributed by atoms with van der Waals surface area (Å²) in [5.74, 6) is 0. The average molecular weight is 182 g/mol. The van der Waals surface area contributed by atoms with Crippen LogP contribution in [0.1, 0.15) is 11.1 Å². The van der Waals surface area contributed by atoms with E-state index in [1.54, 1.807) is 0 Å². The summed E-state index contributed by atoms with van der Waals surface area (Å²) in [6.45, 7) is 2.61. The van der Waals surface area contributed by atoms with Crippen LogP contribution in [0.2, 0.25) is 5.02 Å². The molecule has 0 unspecified atom stereocenters. The molecule has 0 saturated carbocycles. The van der Waals surface area contributed by atoms with Crippen molar-refractivity contribution in [2.45, 2.75) is 6.92 Å². The zero-order valence-corrected chi connectivity index (χ0v) is 7.81. The monoisotopic (exact) mass is 181 g/mol. The Morgan fingerprint density at radius 1 is 1.50 bits per heavy atom. The molecule has 64 valence electrons. The molecule has 0 aliphatic rings. The van der Waals surface area contributed by atoms with Gasteiger partial charge in [-0.2, -0.15) is 0 Å². The van der Waals surface area contributed by atoms with Crippen LogP contribution < -0.4 is 5.73 Å². The molecule has 2 heteroatoms. The molecule has 0 aromatic heterocycles. The third-order valence-corrected chi connectivity index (χ3v) is 1.91. The minimum atomic E-state index is 0.561. The number of aryl methyl sites for hydroxylation is 1. The van der Waals surface area contributed by atoms with Gasteiger partial charge in [0.1, 0.15) is 0 Å². The first-order chi connectivity index (χ1) is 5.74. The molecule has 0 fully saturated rings. The third-order valence-electron chi connectivity index (χ3n) is 1.67. The van der Waals surface area contributed by atoms with E-state index in [-0.39, 0.29) is 0 Å². The maximum Gasteiger partial charge on any atom is 0.0412 e. The first-order valence-electron chi connectivity index (χ1n) is 3.87. The van der Waals surface area contributed by atoms with Crippen molar-refractivity contribution in [3.05, 3.63) is 40.4 Å². The topological polar surface area (TPSA) is 26.0 Å². The van der Waals surface area contributed by atoms with Gasteiger partial charge in [0.2, 0.25) is 0 Å². The van der Waals surface area contributed by atoms with Crippen molar-refractivity contribution < 1.29 is 0 Å². The van der Waals surface area contributed by atoms with Gasteiger partial charge in [-0.3, -0.25) is 0 Å². The van der Waals surface area contributed by atoms with E-state index in [4.69, 9.17) is 17.3 Å². The molecule has 0 aliphatic carbocycles. The van der Waals surface area contributed by atoms with E-state index in [9.17, 15) is 0 Å². The lowest BCUT2D eigenvalue weighted by atomic mass is 10.1. The Balaban J connectivity index is 2.97. The first kappa shape index (κ1) is 9.30. The fourth-order valence-electron chi connectivity index (χ4n) is 0.986. The van der Waals surface area contributed by atoms with E-state index in [0.29, 0.717) is 6.54 Å². The Labute approximate surface area is 77.8 Å². The van der Waals surface area contributed by atoms with Crippen LogP contribution in [-0.4, -0.2) is 6.54 Å². The van der Waals surface area contributed by atoms with Gasteiger partial charge in [-0.25, -0.2) is 0 Å². The van der Waals surface area contributed by atoms with Gasteiger partial charge in [0.15, 0.2) is 0 Å². The highest BCUT2D eigenvalue weighted by molar-refractivity contribution is 6.30. The van der Waals surface area contributed by atoms with E-state index >= 15 is 0 Å². The van der Waals surface area contributed by atoms with Crippen LogP contribution >= 0.6 is 11.6 Å². The Morgan fingerprint density at radius 2 is 2.25 bits per heavy atom. The molecule has 0 bridgehead atoms. The Morgan fingerprint density at radius 3 is 2.92 bits per heavy atom. The lowest BCUT2D eigenvalue weighted by molar-refractivity contribution is 1.26. The second kappa shape index (κ2) is 4.29. The summed E-state index contributed by atoms with van der Waals surface area (Å²) in [5, 5.41) is 0.761. The predicted molar refractivity (Wildman–Crippen MR) is 54.3 cm³/mol. The van der Waals surface area contributed by atoms with Crippen molar-refractivity contribution in [3.8, 4) is 0 Å².